The Morgan fingerprint density at radius 1 is 1.53 bits per heavy atom. The molecule has 0 fully saturated rings. The summed E-state index contributed by atoms with van der Waals surface area (Å²) in [5.41, 5.74) is 0.167. The van der Waals surface area contributed by atoms with Crippen molar-refractivity contribution in [1.29, 1.82) is 0 Å². The molecule has 0 bridgehead atoms. The summed E-state index contributed by atoms with van der Waals surface area (Å²) in [7, 11) is 2.92. The zero-order chi connectivity index (χ0) is 13.1. The molecule has 5 nitrogen and oxygen atoms in total. The SMILES string of the molecule is CCCCOC(=O)c1cc(S(=O)(=O)Cl)cn1C. The molecule has 0 aromatic carbocycles. The van der Waals surface area contributed by atoms with Crippen molar-refractivity contribution in [3.05, 3.63) is 18.0 Å². The van der Waals surface area contributed by atoms with E-state index in [2.05, 4.69) is 0 Å². The minimum absolute atomic E-state index is 0.107. The van der Waals surface area contributed by atoms with Gasteiger partial charge in [0, 0.05) is 23.9 Å². The van der Waals surface area contributed by atoms with E-state index in [1.54, 1.807) is 7.05 Å². The van der Waals surface area contributed by atoms with E-state index in [1.165, 1.54) is 16.8 Å². The number of aromatic nitrogens is 1. The van der Waals surface area contributed by atoms with Crippen LogP contribution in [0, 0.1) is 0 Å². The second-order valence-corrected chi connectivity index (χ2v) is 6.17. The van der Waals surface area contributed by atoms with Crippen molar-refractivity contribution in [2.24, 2.45) is 7.05 Å². The van der Waals surface area contributed by atoms with E-state index in [9.17, 15) is 13.2 Å². The molecule has 1 heterocycles. The van der Waals surface area contributed by atoms with Crippen LogP contribution in [0.5, 0.6) is 0 Å². The smallest absolute Gasteiger partial charge is 0.354 e. The number of aryl methyl sites for hydroxylation is 1. The lowest BCUT2D eigenvalue weighted by atomic mass is 10.3. The predicted molar refractivity (Wildman–Crippen MR) is 63.6 cm³/mol. The first-order chi connectivity index (χ1) is 7.86. The van der Waals surface area contributed by atoms with Crippen molar-refractivity contribution >= 4 is 25.7 Å². The maximum Gasteiger partial charge on any atom is 0.354 e. The van der Waals surface area contributed by atoms with E-state index in [-0.39, 0.29) is 10.6 Å². The average Bonchev–Trinajstić information content (AvgIpc) is 2.60. The number of ether oxygens (including phenoxy) is 1. The van der Waals surface area contributed by atoms with E-state index in [1.807, 2.05) is 6.92 Å². The number of halogens is 1. The Bertz CT molecular complexity index is 506. The van der Waals surface area contributed by atoms with Crippen LogP contribution in [0.2, 0.25) is 0 Å². The quantitative estimate of drug-likeness (QED) is 0.469. The monoisotopic (exact) mass is 279 g/mol. The van der Waals surface area contributed by atoms with Crippen LogP contribution in [0.1, 0.15) is 30.3 Å². The first-order valence-electron chi connectivity index (χ1n) is 5.14. The van der Waals surface area contributed by atoms with Crippen LogP contribution in [0.3, 0.4) is 0 Å². The molecule has 0 amide bonds. The molecule has 0 aliphatic carbocycles. The van der Waals surface area contributed by atoms with Gasteiger partial charge < -0.3 is 9.30 Å². The molecule has 7 heteroatoms. The highest BCUT2D eigenvalue weighted by atomic mass is 35.7. The molecule has 0 radical (unpaired) electrons. The number of hydrogen-bond acceptors (Lipinski definition) is 4. The zero-order valence-electron chi connectivity index (χ0n) is 9.64. The van der Waals surface area contributed by atoms with E-state index < -0.39 is 15.0 Å². The number of carbonyl (C=O) groups excluding carboxylic acids is 1. The topological polar surface area (TPSA) is 65.4 Å². The van der Waals surface area contributed by atoms with Crippen molar-refractivity contribution in [3.8, 4) is 0 Å². The summed E-state index contributed by atoms with van der Waals surface area (Å²) in [6, 6.07) is 1.20. The highest BCUT2D eigenvalue weighted by molar-refractivity contribution is 8.13. The minimum atomic E-state index is -3.82. The van der Waals surface area contributed by atoms with Crippen LogP contribution in [-0.2, 0) is 20.8 Å². The van der Waals surface area contributed by atoms with E-state index in [0.717, 1.165) is 12.8 Å². The molecule has 0 aliphatic rings. The molecule has 1 aromatic rings. The van der Waals surface area contributed by atoms with Gasteiger partial charge in [-0.15, -0.1) is 0 Å². The first-order valence-corrected chi connectivity index (χ1v) is 7.45. The summed E-state index contributed by atoms with van der Waals surface area (Å²) in [6.07, 6.45) is 2.97. The van der Waals surface area contributed by atoms with Crippen molar-refractivity contribution in [2.75, 3.05) is 6.61 Å². The Morgan fingerprint density at radius 2 is 2.18 bits per heavy atom. The van der Waals surface area contributed by atoms with Crippen LogP contribution >= 0.6 is 10.7 Å². The van der Waals surface area contributed by atoms with Gasteiger partial charge in [0.05, 0.1) is 6.61 Å². The maximum atomic E-state index is 11.6. The molecule has 17 heavy (non-hydrogen) atoms. The van der Waals surface area contributed by atoms with Crippen LogP contribution in [0.4, 0.5) is 0 Å². The number of nitrogens with zero attached hydrogens (tertiary/aromatic N) is 1. The lowest BCUT2D eigenvalue weighted by Crippen LogP contribution is -2.10. The normalized spacial score (nSPS) is 11.5. The molecule has 0 unspecified atom stereocenters. The van der Waals surface area contributed by atoms with Gasteiger partial charge >= 0.3 is 5.97 Å². The molecule has 0 aliphatic heterocycles. The third-order valence-corrected chi connectivity index (χ3v) is 3.52. The van der Waals surface area contributed by atoms with Gasteiger partial charge in [-0.1, -0.05) is 13.3 Å². The van der Waals surface area contributed by atoms with Crippen molar-refractivity contribution in [3.63, 3.8) is 0 Å². The van der Waals surface area contributed by atoms with Crippen LogP contribution in [0.15, 0.2) is 17.2 Å². The maximum absolute atomic E-state index is 11.6. The lowest BCUT2D eigenvalue weighted by Gasteiger charge is -2.03. The van der Waals surface area contributed by atoms with Crippen LogP contribution < -0.4 is 0 Å². The molecular formula is C10H14ClNO4S. The van der Waals surface area contributed by atoms with Gasteiger partial charge in [0.15, 0.2) is 0 Å². The van der Waals surface area contributed by atoms with E-state index >= 15 is 0 Å². The molecule has 0 saturated carbocycles. The van der Waals surface area contributed by atoms with Crippen LogP contribution in [0.25, 0.3) is 0 Å². The molecule has 1 rings (SSSR count). The summed E-state index contributed by atoms with van der Waals surface area (Å²) in [5, 5.41) is 0. The summed E-state index contributed by atoms with van der Waals surface area (Å²) >= 11 is 0. The fourth-order valence-electron chi connectivity index (χ4n) is 1.25. The highest BCUT2D eigenvalue weighted by Gasteiger charge is 2.19. The first kappa shape index (κ1) is 14.1. The third-order valence-electron chi connectivity index (χ3n) is 2.20. The average molecular weight is 280 g/mol. The summed E-state index contributed by atoms with van der Waals surface area (Å²) in [6.45, 7) is 2.30. The number of rotatable bonds is 5. The molecule has 1 aromatic heterocycles. The van der Waals surface area contributed by atoms with Crippen molar-refractivity contribution in [2.45, 2.75) is 24.7 Å². The second-order valence-electron chi connectivity index (χ2n) is 3.60. The molecule has 96 valence electrons. The number of carbonyl (C=O) groups is 1. The Morgan fingerprint density at radius 3 is 2.65 bits per heavy atom. The van der Waals surface area contributed by atoms with Gasteiger partial charge in [-0.2, -0.15) is 0 Å². The van der Waals surface area contributed by atoms with Gasteiger partial charge in [-0.05, 0) is 12.5 Å². The predicted octanol–water partition coefficient (Wildman–Crippen LogP) is 1.91. The van der Waals surface area contributed by atoms with Crippen molar-refractivity contribution in [1.82, 2.24) is 4.57 Å². The number of unbranched alkanes of at least 4 members (excludes halogenated alkanes) is 1. The molecule has 0 atom stereocenters. The summed E-state index contributed by atoms with van der Waals surface area (Å²) < 4.78 is 28.5. The molecule has 0 spiro atoms. The minimum Gasteiger partial charge on any atom is -0.461 e. The fourth-order valence-corrected chi connectivity index (χ4v) is 2.04. The third kappa shape index (κ3) is 3.74. The number of hydrogen-bond donors (Lipinski definition) is 0. The second kappa shape index (κ2) is 5.55. The Hall–Kier alpha value is -1.01. The number of esters is 1. The van der Waals surface area contributed by atoms with E-state index in [4.69, 9.17) is 15.4 Å². The highest BCUT2D eigenvalue weighted by Crippen LogP contribution is 2.18. The Balaban J connectivity index is 2.85. The molecule has 0 N–H and O–H groups in total. The van der Waals surface area contributed by atoms with Gasteiger partial charge in [0.1, 0.15) is 10.6 Å². The van der Waals surface area contributed by atoms with Gasteiger partial charge in [0.25, 0.3) is 9.05 Å². The van der Waals surface area contributed by atoms with Crippen molar-refractivity contribution < 1.29 is 17.9 Å². The van der Waals surface area contributed by atoms with E-state index in [0.29, 0.717) is 6.61 Å². The van der Waals surface area contributed by atoms with Gasteiger partial charge in [-0.3, -0.25) is 0 Å². The van der Waals surface area contributed by atoms with Gasteiger partial charge in [0.2, 0.25) is 0 Å². The molecule has 0 saturated heterocycles. The summed E-state index contributed by atoms with van der Waals surface area (Å²) in [4.78, 5) is 11.5. The summed E-state index contributed by atoms with van der Waals surface area (Å²) in [5.74, 6) is -0.549. The van der Waals surface area contributed by atoms with Crippen LogP contribution in [-0.4, -0.2) is 25.6 Å². The standard InChI is InChI=1S/C10H14ClNO4S/c1-3-4-5-16-10(13)9-6-8(7-12(9)2)17(11,14)15/h6-7H,3-5H2,1-2H3. The largest absolute Gasteiger partial charge is 0.461 e. The Kier molecular flexibility index (Phi) is 4.59. The molecular weight excluding hydrogens is 266 g/mol. The zero-order valence-corrected chi connectivity index (χ0v) is 11.2. The Labute approximate surface area is 105 Å². The lowest BCUT2D eigenvalue weighted by molar-refractivity contribution is 0.0488. The van der Waals surface area contributed by atoms with Gasteiger partial charge in [-0.25, -0.2) is 13.2 Å². The fraction of sp³-hybridized carbons (Fsp3) is 0.500.